The van der Waals surface area contributed by atoms with Crippen molar-refractivity contribution in [3.8, 4) is 0 Å². The van der Waals surface area contributed by atoms with Crippen LogP contribution in [0.25, 0.3) is 0 Å². The molecule has 1 atom stereocenters. The van der Waals surface area contributed by atoms with Crippen molar-refractivity contribution in [2.75, 3.05) is 17.1 Å². The van der Waals surface area contributed by atoms with Gasteiger partial charge in [0, 0.05) is 17.6 Å². The van der Waals surface area contributed by atoms with E-state index in [9.17, 15) is 22.4 Å². The Bertz CT molecular complexity index is 1190. The zero-order chi connectivity index (χ0) is 26.5. The van der Waals surface area contributed by atoms with Gasteiger partial charge in [0.15, 0.2) is 0 Å². The molecular formula is C25H30Cl2FN3O4S. The van der Waals surface area contributed by atoms with Crippen LogP contribution in [0.3, 0.4) is 0 Å². The van der Waals surface area contributed by atoms with E-state index in [1.807, 2.05) is 0 Å². The van der Waals surface area contributed by atoms with Crippen molar-refractivity contribution in [2.24, 2.45) is 0 Å². The molecule has 0 unspecified atom stereocenters. The summed E-state index contributed by atoms with van der Waals surface area (Å²) in [6.45, 7) is 1.21. The summed E-state index contributed by atoms with van der Waals surface area (Å²) in [5.41, 5.74) is 0.703. The SMILES string of the molecule is CC[C@@H](C(=O)NC1CCCC1)N(Cc1ccc(F)cc1)C(=O)CN(c1ccc(Cl)cc1Cl)S(C)(=O)=O. The number of sulfonamides is 1. The fourth-order valence-electron chi connectivity index (χ4n) is 4.35. The van der Waals surface area contributed by atoms with Crippen LogP contribution >= 0.6 is 23.2 Å². The minimum atomic E-state index is -3.92. The molecule has 1 aliphatic carbocycles. The molecule has 0 aromatic heterocycles. The maximum absolute atomic E-state index is 13.7. The van der Waals surface area contributed by atoms with E-state index in [1.54, 1.807) is 6.92 Å². The highest BCUT2D eigenvalue weighted by Gasteiger charge is 2.33. The van der Waals surface area contributed by atoms with Gasteiger partial charge in [0.2, 0.25) is 21.8 Å². The summed E-state index contributed by atoms with van der Waals surface area (Å²) in [6, 6.07) is 9.10. The van der Waals surface area contributed by atoms with E-state index in [-0.39, 0.29) is 29.2 Å². The number of hydrogen-bond acceptors (Lipinski definition) is 4. The van der Waals surface area contributed by atoms with Crippen LogP contribution in [0, 0.1) is 5.82 Å². The third-order valence-corrected chi connectivity index (χ3v) is 7.88. The average molecular weight is 559 g/mol. The topological polar surface area (TPSA) is 86.8 Å². The van der Waals surface area contributed by atoms with Crippen molar-refractivity contribution in [2.45, 2.75) is 57.7 Å². The van der Waals surface area contributed by atoms with Crippen LogP contribution < -0.4 is 9.62 Å². The van der Waals surface area contributed by atoms with Gasteiger partial charge < -0.3 is 10.2 Å². The number of carbonyl (C=O) groups excluding carboxylic acids is 2. The second-order valence-corrected chi connectivity index (χ2v) is 11.7. The Balaban J connectivity index is 1.93. The molecule has 0 spiro atoms. The number of amides is 2. The van der Waals surface area contributed by atoms with E-state index in [0.717, 1.165) is 36.2 Å². The maximum Gasteiger partial charge on any atom is 0.244 e. The summed E-state index contributed by atoms with van der Waals surface area (Å²) in [5.74, 6) is -1.32. The van der Waals surface area contributed by atoms with Crippen molar-refractivity contribution in [1.29, 1.82) is 0 Å². The highest BCUT2D eigenvalue weighted by Crippen LogP contribution is 2.30. The summed E-state index contributed by atoms with van der Waals surface area (Å²) in [4.78, 5) is 28.2. The molecule has 0 heterocycles. The summed E-state index contributed by atoms with van der Waals surface area (Å²) in [5, 5.41) is 3.41. The molecule has 36 heavy (non-hydrogen) atoms. The molecule has 2 aromatic rings. The Kier molecular flexibility index (Phi) is 9.60. The molecule has 0 radical (unpaired) electrons. The van der Waals surface area contributed by atoms with E-state index in [1.165, 1.54) is 47.4 Å². The second-order valence-electron chi connectivity index (χ2n) is 8.93. The Morgan fingerprint density at radius 1 is 1.11 bits per heavy atom. The quantitative estimate of drug-likeness (QED) is 0.456. The van der Waals surface area contributed by atoms with Gasteiger partial charge in [-0.15, -0.1) is 0 Å². The summed E-state index contributed by atoms with van der Waals surface area (Å²) >= 11 is 12.2. The monoisotopic (exact) mass is 557 g/mol. The van der Waals surface area contributed by atoms with Gasteiger partial charge in [0.1, 0.15) is 18.4 Å². The van der Waals surface area contributed by atoms with Crippen LogP contribution in [0.2, 0.25) is 10.0 Å². The van der Waals surface area contributed by atoms with E-state index in [4.69, 9.17) is 23.2 Å². The first-order valence-corrected chi connectivity index (χ1v) is 14.4. The highest BCUT2D eigenvalue weighted by molar-refractivity contribution is 7.92. The number of nitrogens with zero attached hydrogens (tertiary/aromatic N) is 2. The molecule has 2 amide bonds. The lowest BCUT2D eigenvalue weighted by molar-refractivity contribution is -0.140. The number of anilines is 1. The molecular weight excluding hydrogens is 528 g/mol. The Labute approximate surface area is 221 Å². The molecule has 2 aromatic carbocycles. The van der Waals surface area contributed by atoms with Crippen molar-refractivity contribution in [3.63, 3.8) is 0 Å². The zero-order valence-corrected chi connectivity index (χ0v) is 22.5. The average Bonchev–Trinajstić information content (AvgIpc) is 3.31. The minimum absolute atomic E-state index is 0.00165. The van der Waals surface area contributed by atoms with Crippen molar-refractivity contribution >= 4 is 50.7 Å². The summed E-state index contributed by atoms with van der Waals surface area (Å²) in [7, 11) is -3.92. The third kappa shape index (κ3) is 7.33. The first-order valence-electron chi connectivity index (χ1n) is 11.8. The standard InChI is InChI=1S/C25H30Cl2FN3O4S/c1-3-22(25(33)29-20-6-4-5-7-20)30(15-17-8-11-19(28)12-9-17)24(32)16-31(36(2,34)35)23-13-10-18(26)14-21(23)27/h8-14,20,22H,3-7,15-16H2,1-2H3,(H,29,33)/t22-/m0/s1. The van der Waals surface area contributed by atoms with Crippen LogP contribution in [0.15, 0.2) is 42.5 Å². The van der Waals surface area contributed by atoms with E-state index < -0.39 is 34.3 Å². The first kappa shape index (κ1) is 28.2. The fourth-order valence-corrected chi connectivity index (χ4v) is 5.77. The Morgan fingerprint density at radius 3 is 2.31 bits per heavy atom. The smallest absolute Gasteiger partial charge is 0.244 e. The fraction of sp³-hybridized carbons (Fsp3) is 0.440. The van der Waals surface area contributed by atoms with Crippen LogP contribution in [-0.2, 0) is 26.2 Å². The third-order valence-electron chi connectivity index (χ3n) is 6.21. The number of nitrogens with one attached hydrogen (secondary N) is 1. The molecule has 0 bridgehead atoms. The summed E-state index contributed by atoms with van der Waals surface area (Å²) in [6.07, 6.45) is 5.11. The predicted molar refractivity (Wildman–Crippen MR) is 140 cm³/mol. The van der Waals surface area contributed by atoms with Crippen LogP contribution in [-0.4, -0.2) is 50.0 Å². The second kappa shape index (κ2) is 12.3. The van der Waals surface area contributed by atoms with Gasteiger partial charge in [-0.1, -0.05) is 55.1 Å². The van der Waals surface area contributed by atoms with Crippen LogP contribution in [0.1, 0.15) is 44.6 Å². The maximum atomic E-state index is 13.7. The molecule has 0 aliphatic heterocycles. The molecule has 7 nitrogen and oxygen atoms in total. The van der Waals surface area contributed by atoms with E-state index in [2.05, 4.69) is 5.32 Å². The van der Waals surface area contributed by atoms with Gasteiger partial charge >= 0.3 is 0 Å². The molecule has 0 saturated heterocycles. The van der Waals surface area contributed by atoms with E-state index >= 15 is 0 Å². The first-order chi connectivity index (χ1) is 17.0. The molecule has 11 heteroatoms. The molecule has 1 aliphatic rings. The van der Waals surface area contributed by atoms with Crippen molar-refractivity contribution < 1.29 is 22.4 Å². The van der Waals surface area contributed by atoms with Gasteiger partial charge in [0.25, 0.3) is 0 Å². The lowest BCUT2D eigenvalue weighted by Crippen LogP contribution is -2.53. The lowest BCUT2D eigenvalue weighted by Gasteiger charge is -2.33. The molecule has 196 valence electrons. The number of hydrogen-bond donors (Lipinski definition) is 1. The summed E-state index contributed by atoms with van der Waals surface area (Å²) < 4.78 is 39.7. The molecule has 1 fully saturated rings. The van der Waals surface area contributed by atoms with Gasteiger partial charge in [-0.2, -0.15) is 0 Å². The van der Waals surface area contributed by atoms with Crippen molar-refractivity contribution in [3.05, 3.63) is 63.9 Å². The number of rotatable bonds is 10. The van der Waals surface area contributed by atoms with Gasteiger partial charge in [-0.3, -0.25) is 13.9 Å². The highest BCUT2D eigenvalue weighted by atomic mass is 35.5. The Morgan fingerprint density at radius 2 is 1.75 bits per heavy atom. The number of carbonyl (C=O) groups is 2. The van der Waals surface area contributed by atoms with Crippen molar-refractivity contribution in [1.82, 2.24) is 10.2 Å². The largest absolute Gasteiger partial charge is 0.352 e. The number of benzene rings is 2. The van der Waals surface area contributed by atoms with E-state index in [0.29, 0.717) is 17.0 Å². The van der Waals surface area contributed by atoms with Crippen LogP contribution in [0.5, 0.6) is 0 Å². The molecule has 1 saturated carbocycles. The lowest BCUT2D eigenvalue weighted by atomic mass is 10.1. The predicted octanol–water partition coefficient (Wildman–Crippen LogP) is 4.76. The normalized spacial score (nSPS) is 14.9. The van der Waals surface area contributed by atoms with Gasteiger partial charge in [-0.05, 0) is 55.2 Å². The molecule has 3 rings (SSSR count). The molecule has 1 N–H and O–H groups in total. The Hall–Kier alpha value is -2.36. The minimum Gasteiger partial charge on any atom is -0.352 e. The zero-order valence-electron chi connectivity index (χ0n) is 20.2. The van der Waals surface area contributed by atoms with Gasteiger partial charge in [-0.25, -0.2) is 12.8 Å². The van der Waals surface area contributed by atoms with Crippen LogP contribution in [0.4, 0.5) is 10.1 Å². The number of halogens is 3. The van der Waals surface area contributed by atoms with Gasteiger partial charge in [0.05, 0.1) is 17.0 Å².